The Labute approximate surface area is 66.9 Å². The van der Waals surface area contributed by atoms with Crippen molar-refractivity contribution in [2.24, 2.45) is 5.41 Å². The van der Waals surface area contributed by atoms with Crippen LogP contribution in [0, 0.1) is 5.41 Å². The highest BCUT2D eigenvalue weighted by Gasteiger charge is 2.28. The van der Waals surface area contributed by atoms with Crippen molar-refractivity contribution in [2.45, 2.75) is 25.7 Å². The molecule has 0 aliphatic heterocycles. The molecule has 1 aliphatic rings. The van der Waals surface area contributed by atoms with Crippen molar-refractivity contribution in [2.75, 3.05) is 6.61 Å². The molecule has 0 fully saturated rings. The van der Waals surface area contributed by atoms with Gasteiger partial charge in [-0.25, -0.2) is 0 Å². The third kappa shape index (κ3) is 1.90. The first-order valence-electron chi connectivity index (χ1n) is 4.02. The fourth-order valence-electron chi connectivity index (χ4n) is 1.51. The second kappa shape index (κ2) is 3.67. The summed E-state index contributed by atoms with van der Waals surface area (Å²) in [7, 11) is 0. The van der Waals surface area contributed by atoms with Crippen LogP contribution in [0.4, 0.5) is 0 Å². The summed E-state index contributed by atoms with van der Waals surface area (Å²) in [4.78, 5) is 10.3. The number of hydrogen-bond donors (Lipinski definition) is 1. The third-order valence-corrected chi connectivity index (χ3v) is 2.41. The zero-order valence-corrected chi connectivity index (χ0v) is 6.62. The van der Waals surface area contributed by atoms with Crippen LogP contribution in [-0.2, 0) is 4.79 Å². The Kier molecular flexibility index (Phi) is 2.83. The van der Waals surface area contributed by atoms with Gasteiger partial charge in [-0.2, -0.15) is 0 Å². The first-order chi connectivity index (χ1) is 5.33. The highest BCUT2D eigenvalue weighted by molar-refractivity contribution is 5.51. The Hall–Kier alpha value is -0.630. The van der Waals surface area contributed by atoms with E-state index in [1.165, 1.54) is 0 Å². The van der Waals surface area contributed by atoms with Crippen LogP contribution < -0.4 is 0 Å². The van der Waals surface area contributed by atoms with Crippen LogP contribution in [0.2, 0.25) is 0 Å². The van der Waals surface area contributed by atoms with E-state index in [9.17, 15) is 4.79 Å². The molecular formula is C9H14O2. The van der Waals surface area contributed by atoms with Crippen LogP contribution in [0.3, 0.4) is 0 Å². The number of hydrogen-bond acceptors (Lipinski definition) is 2. The van der Waals surface area contributed by atoms with Crippen molar-refractivity contribution in [3.63, 3.8) is 0 Å². The summed E-state index contributed by atoms with van der Waals surface area (Å²) in [5, 5.41) is 9.08. The minimum atomic E-state index is -0.128. The molecule has 1 N–H and O–H groups in total. The monoisotopic (exact) mass is 154 g/mol. The summed E-state index contributed by atoms with van der Waals surface area (Å²) in [6, 6.07) is 0. The van der Waals surface area contributed by atoms with Gasteiger partial charge in [-0.1, -0.05) is 12.2 Å². The zero-order chi connectivity index (χ0) is 8.16. The number of carbonyl (C=O) groups is 1. The second-order valence-corrected chi connectivity index (χ2v) is 3.24. The molecule has 2 heteroatoms. The van der Waals surface area contributed by atoms with Crippen molar-refractivity contribution in [1.29, 1.82) is 0 Å². The van der Waals surface area contributed by atoms with Gasteiger partial charge in [0.05, 0.1) is 0 Å². The summed E-state index contributed by atoms with van der Waals surface area (Å²) >= 11 is 0. The lowest BCUT2D eigenvalue weighted by molar-refractivity contribution is -0.110. The fourth-order valence-corrected chi connectivity index (χ4v) is 1.51. The van der Waals surface area contributed by atoms with Gasteiger partial charge in [0.25, 0.3) is 0 Å². The molecule has 2 nitrogen and oxygen atoms in total. The highest BCUT2D eigenvalue weighted by Crippen LogP contribution is 2.34. The van der Waals surface area contributed by atoms with E-state index in [1.54, 1.807) is 0 Å². The average Bonchev–Trinajstić information content (AvgIpc) is 2.07. The van der Waals surface area contributed by atoms with Crippen molar-refractivity contribution in [3.8, 4) is 0 Å². The normalized spacial score (nSPS) is 30.3. The SMILES string of the molecule is O=CCC1(CO)CC=CCC1. The highest BCUT2D eigenvalue weighted by atomic mass is 16.3. The van der Waals surface area contributed by atoms with Crippen LogP contribution in [-0.4, -0.2) is 18.0 Å². The predicted molar refractivity (Wildman–Crippen MR) is 43.2 cm³/mol. The van der Waals surface area contributed by atoms with Gasteiger partial charge in [-0.15, -0.1) is 0 Å². The van der Waals surface area contributed by atoms with Gasteiger partial charge < -0.3 is 9.90 Å². The van der Waals surface area contributed by atoms with Gasteiger partial charge in [0.1, 0.15) is 6.29 Å². The molecule has 0 amide bonds. The number of rotatable bonds is 3. The molecule has 0 bridgehead atoms. The lowest BCUT2D eigenvalue weighted by atomic mass is 9.76. The topological polar surface area (TPSA) is 37.3 Å². The summed E-state index contributed by atoms with van der Waals surface area (Å²) in [6.45, 7) is 0.135. The van der Waals surface area contributed by atoms with E-state index >= 15 is 0 Å². The van der Waals surface area contributed by atoms with Gasteiger partial charge in [0.2, 0.25) is 0 Å². The quantitative estimate of drug-likeness (QED) is 0.491. The standard InChI is InChI=1S/C9H14O2/c10-7-6-9(8-11)4-2-1-3-5-9/h1-2,7,11H,3-6,8H2. The maximum Gasteiger partial charge on any atom is 0.120 e. The molecule has 0 aromatic carbocycles. The van der Waals surface area contributed by atoms with E-state index in [4.69, 9.17) is 5.11 Å². The van der Waals surface area contributed by atoms with E-state index in [0.717, 1.165) is 25.5 Å². The van der Waals surface area contributed by atoms with E-state index < -0.39 is 0 Å². The third-order valence-electron chi connectivity index (χ3n) is 2.41. The number of allylic oxidation sites excluding steroid dienone is 2. The van der Waals surface area contributed by atoms with Gasteiger partial charge in [0, 0.05) is 18.4 Å². The van der Waals surface area contributed by atoms with Crippen molar-refractivity contribution in [3.05, 3.63) is 12.2 Å². The van der Waals surface area contributed by atoms with Crippen LogP contribution in [0.5, 0.6) is 0 Å². The Morgan fingerprint density at radius 1 is 1.55 bits per heavy atom. The van der Waals surface area contributed by atoms with Crippen LogP contribution >= 0.6 is 0 Å². The molecule has 0 spiro atoms. The molecule has 0 saturated carbocycles. The first kappa shape index (κ1) is 8.47. The maximum absolute atomic E-state index is 10.3. The van der Waals surface area contributed by atoms with Crippen LogP contribution in [0.25, 0.3) is 0 Å². The molecule has 1 aliphatic carbocycles. The Morgan fingerprint density at radius 3 is 2.82 bits per heavy atom. The Bertz CT molecular complexity index is 163. The molecule has 0 aromatic rings. The van der Waals surface area contributed by atoms with Crippen LogP contribution in [0.15, 0.2) is 12.2 Å². The fraction of sp³-hybridized carbons (Fsp3) is 0.667. The van der Waals surface area contributed by atoms with Crippen molar-refractivity contribution >= 4 is 6.29 Å². The Morgan fingerprint density at radius 2 is 2.36 bits per heavy atom. The van der Waals surface area contributed by atoms with E-state index in [0.29, 0.717) is 6.42 Å². The lowest BCUT2D eigenvalue weighted by Crippen LogP contribution is -2.26. The molecule has 0 radical (unpaired) electrons. The number of carbonyl (C=O) groups excluding carboxylic acids is 1. The molecular weight excluding hydrogens is 140 g/mol. The molecule has 1 rings (SSSR count). The molecule has 1 atom stereocenters. The lowest BCUT2D eigenvalue weighted by Gasteiger charge is -2.30. The molecule has 11 heavy (non-hydrogen) atoms. The summed E-state index contributed by atoms with van der Waals surface area (Å²) < 4.78 is 0. The molecule has 0 saturated heterocycles. The van der Waals surface area contributed by atoms with Crippen LogP contribution in [0.1, 0.15) is 25.7 Å². The molecule has 0 heterocycles. The van der Waals surface area contributed by atoms with E-state index in [2.05, 4.69) is 12.2 Å². The van der Waals surface area contributed by atoms with Crippen molar-refractivity contribution in [1.82, 2.24) is 0 Å². The van der Waals surface area contributed by atoms with E-state index in [-0.39, 0.29) is 12.0 Å². The minimum absolute atomic E-state index is 0.128. The number of aldehydes is 1. The minimum Gasteiger partial charge on any atom is -0.396 e. The van der Waals surface area contributed by atoms with Gasteiger partial charge in [-0.05, 0) is 19.3 Å². The maximum atomic E-state index is 10.3. The summed E-state index contributed by atoms with van der Waals surface area (Å²) in [6.07, 6.45) is 8.36. The van der Waals surface area contributed by atoms with Gasteiger partial charge in [-0.3, -0.25) is 0 Å². The smallest absolute Gasteiger partial charge is 0.120 e. The second-order valence-electron chi connectivity index (χ2n) is 3.24. The average molecular weight is 154 g/mol. The molecule has 62 valence electrons. The zero-order valence-electron chi connectivity index (χ0n) is 6.62. The number of aliphatic hydroxyl groups excluding tert-OH is 1. The van der Waals surface area contributed by atoms with Crippen molar-refractivity contribution < 1.29 is 9.90 Å². The van der Waals surface area contributed by atoms with Gasteiger partial charge >= 0.3 is 0 Å². The molecule has 1 unspecified atom stereocenters. The van der Waals surface area contributed by atoms with Gasteiger partial charge in [0.15, 0.2) is 0 Å². The summed E-state index contributed by atoms with van der Waals surface area (Å²) in [5.41, 5.74) is -0.128. The molecule has 0 aromatic heterocycles. The predicted octanol–water partition coefficient (Wildman–Crippen LogP) is 1.29. The Balaban J connectivity index is 2.58. The van der Waals surface area contributed by atoms with E-state index in [1.807, 2.05) is 0 Å². The number of aliphatic hydroxyl groups is 1. The first-order valence-corrected chi connectivity index (χ1v) is 4.02. The largest absolute Gasteiger partial charge is 0.396 e. The summed E-state index contributed by atoms with van der Waals surface area (Å²) in [5.74, 6) is 0.